The first-order valence-corrected chi connectivity index (χ1v) is 9.33. The largest absolute Gasteiger partial charge is 0.325 e. The molecule has 0 saturated carbocycles. The minimum atomic E-state index is -0.322. The summed E-state index contributed by atoms with van der Waals surface area (Å²) >= 11 is 4.66. The van der Waals surface area contributed by atoms with E-state index in [1.54, 1.807) is 6.92 Å². The van der Waals surface area contributed by atoms with Crippen LogP contribution in [0.1, 0.15) is 12.5 Å². The van der Waals surface area contributed by atoms with Crippen LogP contribution < -0.4 is 10.6 Å². The number of halogens is 1. The van der Waals surface area contributed by atoms with Gasteiger partial charge in [0, 0.05) is 15.8 Å². The molecule has 2 N–H and O–H groups in total. The van der Waals surface area contributed by atoms with Crippen LogP contribution in [0, 0.1) is 6.92 Å². The van der Waals surface area contributed by atoms with Crippen LogP contribution >= 0.6 is 27.7 Å². The van der Waals surface area contributed by atoms with E-state index in [-0.39, 0.29) is 22.8 Å². The number of amides is 2. The van der Waals surface area contributed by atoms with Gasteiger partial charge in [-0.25, -0.2) is 0 Å². The highest BCUT2D eigenvalue weighted by Gasteiger charge is 2.15. The number of anilines is 2. The fraction of sp³-hybridized carbons (Fsp3) is 0.222. The van der Waals surface area contributed by atoms with E-state index in [0.29, 0.717) is 0 Å². The zero-order valence-electron chi connectivity index (χ0n) is 13.5. The lowest BCUT2D eigenvalue weighted by Crippen LogP contribution is -2.25. The molecule has 0 aliphatic carbocycles. The van der Waals surface area contributed by atoms with Crippen molar-refractivity contribution < 1.29 is 9.59 Å². The van der Waals surface area contributed by atoms with Gasteiger partial charge in [0.1, 0.15) is 0 Å². The van der Waals surface area contributed by atoms with Crippen molar-refractivity contribution in [1.82, 2.24) is 0 Å². The van der Waals surface area contributed by atoms with Gasteiger partial charge in [-0.15, -0.1) is 11.8 Å². The maximum absolute atomic E-state index is 12.1. The number of hydrogen-bond donors (Lipinski definition) is 2. The van der Waals surface area contributed by atoms with Crippen molar-refractivity contribution in [1.29, 1.82) is 0 Å². The number of thioether (sulfide) groups is 1. The SMILES string of the molecule is Cc1cccc(NC(=O)CS[C@@H](C)C(=O)Nc2ccc(Br)cc2)c1. The summed E-state index contributed by atoms with van der Waals surface area (Å²) in [6.07, 6.45) is 0. The molecule has 2 aromatic carbocycles. The number of benzene rings is 2. The second-order valence-corrected chi connectivity index (χ2v) is 7.61. The Morgan fingerprint density at radius 1 is 1.08 bits per heavy atom. The van der Waals surface area contributed by atoms with Gasteiger partial charge in [-0.05, 0) is 55.8 Å². The molecule has 24 heavy (non-hydrogen) atoms. The lowest BCUT2D eigenvalue weighted by molar-refractivity contribution is -0.115. The Hall–Kier alpha value is -1.79. The normalized spacial score (nSPS) is 11.6. The maximum Gasteiger partial charge on any atom is 0.237 e. The zero-order chi connectivity index (χ0) is 17.5. The number of hydrogen-bond acceptors (Lipinski definition) is 3. The Balaban J connectivity index is 1.79. The van der Waals surface area contributed by atoms with E-state index in [1.165, 1.54) is 11.8 Å². The van der Waals surface area contributed by atoms with Crippen LogP contribution in [0.15, 0.2) is 53.0 Å². The number of carbonyl (C=O) groups excluding carboxylic acids is 2. The van der Waals surface area contributed by atoms with E-state index >= 15 is 0 Å². The van der Waals surface area contributed by atoms with Crippen molar-refractivity contribution >= 4 is 50.9 Å². The van der Waals surface area contributed by atoms with Crippen molar-refractivity contribution in [2.75, 3.05) is 16.4 Å². The highest BCUT2D eigenvalue weighted by atomic mass is 79.9. The first kappa shape index (κ1) is 18.5. The average molecular weight is 407 g/mol. The molecule has 126 valence electrons. The molecule has 0 fully saturated rings. The monoisotopic (exact) mass is 406 g/mol. The molecule has 2 amide bonds. The summed E-state index contributed by atoms with van der Waals surface area (Å²) in [5.74, 6) is -0.0114. The Kier molecular flexibility index (Phi) is 6.87. The van der Waals surface area contributed by atoms with Crippen molar-refractivity contribution in [2.24, 2.45) is 0 Å². The Bertz CT molecular complexity index is 719. The lowest BCUT2D eigenvalue weighted by atomic mass is 10.2. The van der Waals surface area contributed by atoms with Gasteiger partial charge in [-0.1, -0.05) is 28.1 Å². The van der Waals surface area contributed by atoms with Gasteiger partial charge < -0.3 is 10.6 Å². The fourth-order valence-corrected chi connectivity index (χ4v) is 2.92. The zero-order valence-corrected chi connectivity index (χ0v) is 15.9. The topological polar surface area (TPSA) is 58.2 Å². The van der Waals surface area contributed by atoms with E-state index in [0.717, 1.165) is 21.4 Å². The first-order valence-electron chi connectivity index (χ1n) is 7.48. The number of rotatable bonds is 6. The minimum absolute atomic E-state index is 0.117. The molecule has 0 radical (unpaired) electrons. The lowest BCUT2D eigenvalue weighted by Gasteiger charge is -2.12. The summed E-state index contributed by atoms with van der Waals surface area (Å²) in [5.41, 5.74) is 2.59. The third-order valence-corrected chi connectivity index (χ3v) is 4.92. The van der Waals surface area contributed by atoms with Crippen LogP contribution in [-0.4, -0.2) is 22.8 Å². The van der Waals surface area contributed by atoms with E-state index in [1.807, 2.05) is 55.5 Å². The van der Waals surface area contributed by atoms with Crippen molar-refractivity contribution in [3.63, 3.8) is 0 Å². The molecule has 2 aromatic rings. The molecule has 4 nitrogen and oxygen atoms in total. The third kappa shape index (κ3) is 6.02. The highest BCUT2D eigenvalue weighted by molar-refractivity contribution is 9.10. The third-order valence-electron chi connectivity index (χ3n) is 3.25. The Labute approximate surface area is 154 Å². The Morgan fingerprint density at radius 3 is 2.46 bits per heavy atom. The van der Waals surface area contributed by atoms with Crippen LogP contribution in [0.5, 0.6) is 0 Å². The van der Waals surface area contributed by atoms with Crippen LogP contribution in [0.3, 0.4) is 0 Å². The quantitative estimate of drug-likeness (QED) is 0.744. The molecule has 0 unspecified atom stereocenters. The number of carbonyl (C=O) groups is 2. The molecule has 0 bridgehead atoms. The predicted octanol–water partition coefficient (Wildman–Crippen LogP) is 4.46. The van der Waals surface area contributed by atoms with Crippen LogP contribution in [-0.2, 0) is 9.59 Å². The van der Waals surface area contributed by atoms with Crippen molar-refractivity contribution in [3.05, 3.63) is 58.6 Å². The predicted molar refractivity (Wildman–Crippen MR) is 105 cm³/mol. The van der Waals surface area contributed by atoms with Crippen molar-refractivity contribution in [2.45, 2.75) is 19.1 Å². The average Bonchev–Trinajstić information content (AvgIpc) is 2.54. The standard InChI is InChI=1S/C18H19BrN2O2S/c1-12-4-3-5-16(10-12)20-17(22)11-24-13(2)18(23)21-15-8-6-14(19)7-9-15/h3-10,13H,11H2,1-2H3,(H,20,22)(H,21,23)/t13-/m0/s1. The van der Waals surface area contributed by atoms with Gasteiger partial charge in [0.2, 0.25) is 11.8 Å². The second-order valence-electron chi connectivity index (χ2n) is 5.37. The summed E-state index contributed by atoms with van der Waals surface area (Å²) < 4.78 is 0.954. The number of nitrogens with one attached hydrogen (secondary N) is 2. The minimum Gasteiger partial charge on any atom is -0.325 e. The molecule has 0 aliphatic rings. The van der Waals surface area contributed by atoms with Gasteiger partial charge in [0.15, 0.2) is 0 Å². The Morgan fingerprint density at radius 2 is 1.79 bits per heavy atom. The van der Waals surface area contributed by atoms with E-state index in [4.69, 9.17) is 0 Å². The summed E-state index contributed by atoms with van der Waals surface area (Å²) in [6, 6.07) is 15.0. The molecular weight excluding hydrogens is 388 g/mol. The van der Waals surface area contributed by atoms with Crippen LogP contribution in [0.25, 0.3) is 0 Å². The molecular formula is C18H19BrN2O2S. The molecule has 1 atom stereocenters. The molecule has 0 spiro atoms. The van der Waals surface area contributed by atoms with Crippen molar-refractivity contribution in [3.8, 4) is 0 Å². The molecule has 0 saturated heterocycles. The van der Waals surface area contributed by atoms with E-state index in [9.17, 15) is 9.59 Å². The molecule has 0 aromatic heterocycles. The summed E-state index contributed by atoms with van der Waals surface area (Å²) in [4.78, 5) is 24.1. The van der Waals surface area contributed by atoms with E-state index in [2.05, 4.69) is 26.6 Å². The molecule has 2 rings (SSSR count). The van der Waals surface area contributed by atoms with E-state index < -0.39 is 0 Å². The fourth-order valence-electron chi connectivity index (χ4n) is 1.97. The van der Waals surface area contributed by atoms with Crippen LogP contribution in [0.2, 0.25) is 0 Å². The smallest absolute Gasteiger partial charge is 0.237 e. The molecule has 0 aliphatic heterocycles. The first-order chi connectivity index (χ1) is 11.4. The maximum atomic E-state index is 12.1. The highest BCUT2D eigenvalue weighted by Crippen LogP contribution is 2.17. The second kappa shape index (κ2) is 8.89. The summed E-state index contributed by atoms with van der Waals surface area (Å²) in [5, 5.41) is 5.35. The summed E-state index contributed by atoms with van der Waals surface area (Å²) in [7, 11) is 0. The van der Waals surface area contributed by atoms with Gasteiger partial charge in [0.25, 0.3) is 0 Å². The number of aryl methyl sites for hydroxylation is 1. The van der Waals surface area contributed by atoms with Gasteiger partial charge in [0.05, 0.1) is 11.0 Å². The van der Waals surface area contributed by atoms with Crippen LogP contribution in [0.4, 0.5) is 11.4 Å². The van der Waals surface area contributed by atoms with Gasteiger partial charge in [-0.2, -0.15) is 0 Å². The molecule has 0 heterocycles. The molecule has 6 heteroatoms. The van der Waals surface area contributed by atoms with Gasteiger partial charge in [-0.3, -0.25) is 9.59 Å². The summed E-state index contributed by atoms with van der Waals surface area (Å²) in [6.45, 7) is 3.76. The van der Waals surface area contributed by atoms with Gasteiger partial charge >= 0.3 is 0 Å².